The van der Waals surface area contributed by atoms with Crippen molar-refractivity contribution in [1.82, 2.24) is 9.62 Å². The van der Waals surface area contributed by atoms with E-state index in [-0.39, 0.29) is 16.7 Å². The van der Waals surface area contributed by atoms with Gasteiger partial charge in [0.25, 0.3) is 0 Å². The Balaban J connectivity index is 2.14. The van der Waals surface area contributed by atoms with Gasteiger partial charge in [-0.25, -0.2) is 16.8 Å². The summed E-state index contributed by atoms with van der Waals surface area (Å²) in [4.78, 5) is 0.174. The van der Waals surface area contributed by atoms with Gasteiger partial charge in [0.1, 0.15) is 0 Å². The number of nitrogens with zero attached hydrogens (tertiary/aromatic N) is 1. The molecule has 1 saturated heterocycles. The van der Waals surface area contributed by atoms with Crippen molar-refractivity contribution >= 4 is 25.7 Å². The quantitative estimate of drug-likeness (QED) is 0.747. The summed E-state index contributed by atoms with van der Waals surface area (Å²) in [6, 6.07) is 5.76. The molecule has 0 saturated carbocycles. The summed E-state index contributed by atoms with van der Waals surface area (Å²) in [6.45, 7) is 5.45. The van der Waals surface area contributed by atoms with E-state index in [0.717, 1.165) is 6.42 Å². The third-order valence-electron chi connectivity index (χ3n) is 3.94. The molecule has 0 radical (unpaired) electrons. The second-order valence-corrected chi connectivity index (χ2v) is 9.70. The summed E-state index contributed by atoms with van der Waals surface area (Å²) in [5.74, 6) is 0.0574. The third kappa shape index (κ3) is 4.69. The van der Waals surface area contributed by atoms with Gasteiger partial charge in [0.15, 0.2) is 0 Å². The molecule has 0 bridgehead atoms. The number of hydrogen-bond acceptors (Lipinski definition) is 5. The van der Waals surface area contributed by atoms with Crippen LogP contribution in [0.2, 0.25) is 0 Å². The highest BCUT2D eigenvalue weighted by Gasteiger charge is 2.30. The molecule has 136 valence electrons. The normalized spacial score (nSPS) is 20.0. The minimum atomic E-state index is -3.57. The van der Waals surface area contributed by atoms with Crippen LogP contribution >= 0.6 is 0 Å². The lowest BCUT2D eigenvalue weighted by molar-refractivity contribution is 0.284. The Bertz CT molecular complexity index is 745. The Kier molecular flexibility index (Phi) is 6.24. The van der Waals surface area contributed by atoms with Crippen LogP contribution < -0.4 is 10.0 Å². The fourth-order valence-corrected chi connectivity index (χ4v) is 5.47. The van der Waals surface area contributed by atoms with Crippen LogP contribution in [-0.4, -0.2) is 52.6 Å². The van der Waals surface area contributed by atoms with Crippen LogP contribution in [0.15, 0.2) is 29.2 Å². The van der Waals surface area contributed by atoms with Gasteiger partial charge in [-0.3, -0.25) is 4.72 Å². The van der Waals surface area contributed by atoms with Gasteiger partial charge in [-0.15, -0.1) is 0 Å². The monoisotopic (exact) mass is 375 g/mol. The lowest BCUT2D eigenvalue weighted by Gasteiger charge is -2.32. The predicted octanol–water partition coefficient (Wildman–Crippen LogP) is 1.21. The number of rotatable bonds is 7. The second kappa shape index (κ2) is 7.81. The summed E-state index contributed by atoms with van der Waals surface area (Å²) in [6.07, 6.45) is 1.38. The molecule has 1 fully saturated rings. The van der Waals surface area contributed by atoms with Crippen molar-refractivity contribution in [3.8, 4) is 0 Å². The molecule has 1 atom stereocenters. The number of anilines is 1. The maximum absolute atomic E-state index is 12.7. The first-order chi connectivity index (χ1) is 11.3. The topological polar surface area (TPSA) is 95.6 Å². The number of sulfonamides is 2. The maximum Gasteiger partial charge on any atom is 0.243 e. The zero-order chi connectivity index (χ0) is 17.8. The predicted molar refractivity (Wildman–Crippen MR) is 95.0 cm³/mol. The molecule has 2 N–H and O–H groups in total. The molecule has 24 heavy (non-hydrogen) atoms. The van der Waals surface area contributed by atoms with Gasteiger partial charge >= 0.3 is 0 Å². The Hall–Kier alpha value is -1.16. The Labute approximate surface area is 144 Å². The largest absolute Gasteiger partial charge is 0.314 e. The SMILES string of the molecule is CCCCS(=O)(=O)Nc1ccc(S(=O)(=O)N2CCNCC2C)cc1. The summed E-state index contributed by atoms with van der Waals surface area (Å²) < 4.78 is 53.1. The average molecular weight is 376 g/mol. The Morgan fingerprint density at radius 1 is 1.21 bits per heavy atom. The highest BCUT2D eigenvalue weighted by molar-refractivity contribution is 7.92. The zero-order valence-electron chi connectivity index (χ0n) is 14.0. The molecular formula is C15H25N3O4S2. The first-order valence-electron chi connectivity index (χ1n) is 8.09. The van der Waals surface area contributed by atoms with Gasteiger partial charge in [0.2, 0.25) is 20.0 Å². The van der Waals surface area contributed by atoms with Crippen molar-refractivity contribution in [2.45, 2.75) is 37.6 Å². The van der Waals surface area contributed by atoms with Crippen molar-refractivity contribution in [3.05, 3.63) is 24.3 Å². The van der Waals surface area contributed by atoms with Crippen molar-refractivity contribution in [3.63, 3.8) is 0 Å². The number of nitrogens with one attached hydrogen (secondary N) is 2. The Morgan fingerprint density at radius 2 is 1.88 bits per heavy atom. The van der Waals surface area contributed by atoms with Crippen LogP contribution in [0.5, 0.6) is 0 Å². The fourth-order valence-electron chi connectivity index (χ4n) is 2.57. The van der Waals surface area contributed by atoms with Crippen LogP contribution in [0.4, 0.5) is 5.69 Å². The highest BCUT2D eigenvalue weighted by Crippen LogP contribution is 2.21. The molecule has 1 unspecified atom stereocenters. The van der Waals surface area contributed by atoms with E-state index in [4.69, 9.17) is 0 Å². The molecule has 0 aliphatic carbocycles. The van der Waals surface area contributed by atoms with Gasteiger partial charge in [0, 0.05) is 31.4 Å². The molecule has 0 aromatic heterocycles. The van der Waals surface area contributed by atoms with E-state index in [2.05, 4.69) is 10.0 Å². The summed E-state index contributed by atoms with van der Waals surface area (Å²) in [7, 11) is -6.96. The smallest absolute Gasteiger partial charge is 0.243 e. The molecule has 0 spiro atoms. The van der Waals surface area contributed by atoms with Crippen molar-refractivity contribution in [2.75, 3.05) is 30.1 Å². The van der Waals surface area contributed by atoms with Crippen LogP contribution in [0, 0.1) is 0 Å². The van der Waals surface area contributed by atoms with Crippen LogP contribution in [-0.2, 0) is 20.0 Å². The van der Waals surface area contributed by atoms with E-state index in [1.165, 1.54) is 28.6 Å². The van der Waals surface area contributed by atoms with Crippen molar-refractivity contribution in [1.29, 1.82) is 0 Å². The molecule has 1 aliphatic heterocycles. The van der Waals surface area contributed by atoms with E-state index >= 15 is 0 Å². The zero-order valence-corrected chi connectivity index (χ0v) is 15.7. The number of unbranched alkanes of at least 4 members (excludes halogenated alkanes) is 1. The second-order valence-electron chi connectivity index (χ2n) is 5.97. The maximum atomic E-state index is 12.7. The van der Waals surface area contributed by atoms with E-state index in [0.29, 0.717) is 31.7 Å². The van der Waals surface area contributed by atoms with Gasteiger partial charge in [0.05, 0.1) is 10.6 Å². The minimum Gasteiger partial charge on any atom is -0.314 e. The number of benzene rings is 1. The van der Waals surface area contributed by atoms with E-state index in [1.807, 2.05) is 13.8 Å². The molecule has 1 aliphatic rings. The van der Waals surface area contributed by atoms with Crippen molar-refractivity contribution < 1.29 is 16.8 Å². The van der Waals surface area contributed by atoms with Crippen LogP contribution in [0.1, 0.15) is 26.7 Å². The van der Waals surface area contributed by atoms with Gasteiger partial charge in [-0.2, -0.15) is 4.31 Å². The van der Waals surface area contributed by atoms with E-state index in [9.17, 15) is 16.8 Å². The standard InChI is InChI=1S/C15H25N3O4S2/c1-3-4-11-23(19,20)17-14-5-7-15(8-6-14)24(21,22)18-10-9-16-12-13(18)2/h5-8,13,16-17H,3-4,9-12H2,1-2H3. The molecular weight excluding hydrogens is 350 g/mol. The average Bonchev–Trinajstić information content (AvgIpc) is 2.53. The molecule has 0 amide bonds. The lowest BCUT2D eigenvalue weighted by Crippen LogP contribution is -2.52. The van der Waals surface area contributed by atoms with Crippen LogP contribution in [0.3, 0.4) is 0 Å². The molecule has 1 aromatic carbocycles. The van der Waals surface area contributed by atoms with Gasteiger partial charge in [-0.05, 0) is 37.6 Å². The fraction of sp³-hybridized carbons (Fsp3) is 0.600. The number of hydrogen-bond donors (Lipinski definition) is 2. The molecule has 1 aromatic rings. The first kappa shape index (κ1) is 19.2. The first-order valence-corrected chi connectivity index (χ1v) is 11.2. The van der Waals surface area contributed by atoms with E-state index < -0.39 is 20.0 Å². The summed E-state index contributed by atoms with van der Waals surface area (Å²) in [5.41, 5.74) is 0.374. The molecule has 9 heteroatoms. The minimum absolute atomic E-state index is 0.0574. The van der Waals surface area contributed by atoms with Gasteiger partial charge < -0.3 is 5.32 Å². The summed E-state index contributed by atoms with van der Waals surface area (Å²) >= 11 is 0. The Morgan fingerprint density at radius 3 is 2.46 bits per heavy atom. The lowest BCUT2D eigenvalue weighted by atomic mass is 10.3. The summed E-state index contributed by atoms with van der Waals surface area (Å²) in [5, 5.41) is 3.16. The molecule has 2 rings (SSSR count). The number of piperazine rings is 1. The van der Waals surface area contributed by atoms with Crippen molar-refractivity contribution in [2.24, 2.45) is 0 Å². The molecule has 7 nitrogen and oxygen atoms in total. The third-order valence-corrected chi connectivity index (χ3v) is 7.34. The highest BCUT2D eigenvalue weighted by atomic mass is 32.2. The van der Waals surface area contributed by atoms with Gasteiger partial charge in [-0.1, -0.05) is 13.3 Å². The van der Waals surface area contributed by atoms with E-state index in [1.54, 1.807) is 0 Å². The molecule has 1 heterocycles. The van der Waals surface area contributed by atoms with Crippen LogP contribution in [0.25, 0.3) is 0 Å².